The van der Waals surface area contributed by atoms with Crippen molar-refractivity contribution in [1.82, 2.24) is 5.32 Å². The Bertz CT molecular complexity index is 1010. The molecule has 6 nitrogen and oxygen atoms in total. The number of para-hydroxylation sites is 2. The number of ether oxygens (including phenoxy) is 4. The molecule has 154 valence electrons. The predicted molar refractivity (Wildman–Crippen MR) is 112 cm³/mol. The third-order valence-electron chi connectivity index (χ3n) is 4.73. The lowest BCUT2D eigenvalue weighted by Gasteiger charge is -2.25. The molecule has 0 saturated carbocycles. The summed E-state index contributed by atoms with van der Waals surface area (Å²) in [6, 6.07) is 22.8. The lowest BCUT2D eigenvalue weighted by molar-refractivity contribution is -0.130. The summed E-state index contributed by atoms with van der Waals surface area (Å²) in [7, 11) is 1.59. The molecular formula is C24H23NO5. The molecule has 1 aliphatic rings. The number of carbonyl (C=O) groups is 1. The van der Waals surface area contributed by atoms with Gasteiger partial charge in [0.1, 0.15) is 13.2 Å². The highest BCUT2D eigenvalue weighted by atomic mass is 16.6. The van der Waals surface area contributed by atoms with Gasteiger partial charge in [0.25, 0.3) is 5.91 Å². The number of hydrogen-bond acceptors (Lipinski definition) is 5. The van der Waals surface area contributed by atoms with Crippen LogP contribution >= 0.6 is 0 Å². The van der Waals surface area contributed by atoms with Crippen LogP contribution in [0.1, 0.15) is 11.1 Å². The van der Waals surface area contributed by atoms with E-state index in [4.69, 9.17) is 18.9 Å². The second-order valence-electron chi connectivity index (χ2n) is 6.84. The van der Waals surface area contributed by atoms with E-state index in [1.165, 1.54) is 0 Å². The molecule has 6 heteroatoms. The number of benzene rings is 3. The molecule has 4 rings (SSSR count). The third-order valence-corrected chi connectivity index (χ3v) is 4.73. The van der Waals surface area contributed by atoms with Gasteiger partial charge in [-0.15, -0.1) is 0 Å². The molecule has 0 spiro atoms. The summed E-state index contributed by atoms with van der Waals surface area (Å²) in [4.78, 5) is 12.5. The Morgan fingerprint density at radius 1 is 0.967 bits per heavy atom. The number of carbonyl (C=O) groups excluding carboxylic acids is 1. The Hall–Kier alpha value is -3.67. The Balaban J connectivity index is 1.34. The molecule has 0 radical (unpaired) electrons. The monoisotopic (exact) mass is 405 g/mol. The molecule has 3 aromatic rings. The van der Waals surface area contributed by atoms with Gasteiger partial charge in [-0.3, -0.25) is 4.79 Å². The van der Waals surface area contributed by atoms with Gasteiger partial charge in [-0.2, -0.15) is 0 Å². The van der Waals surface area contributed by atoms with Crippen molar-refractivity contribution in [3.63, 3.8) is 0 Å². The second-order valence-corrected chi connectivity index (χ2v) is 6.84. The zero-order chi connectivity index (χ0) is 20.8. The standard InChI is InChI=1S/C24H23NO5/c1-27-22-13-18(11-12-20(22)28-15-17-7-3-2-4-8-17)14-25-24(26)23-16-29-19-9-5-6-10-21(19)30-23/h2-13,23H,14-16H2,1H3,(H,25,26). The van der Waals surface area contributed by atoms with Crippen molar-refractivity contribution in [2.24, 2.45) is 0 Å². The molecule has 0 bridgehead atoms. The fraction of sp³-hybridized carbons (Fsp3) is 0.208. The zero-order valence-electron chi connectivity index (χ0n) is 16.7. The van der Waals surface area contributed by atoms with E-state index in [-0.39, 0.29) is 12.5 Å². The largest absolute Gasteiger partial charge is 0.493 e. The highest BCUT2D eigenvalue weighted by Crippen LogP contribution is 2.31. The molecule has 3 aromatic carbocycles. The van der Waals surface area contributed by atoms with E-state index in [0.29, 0.717) is 36.1 Å². The molecule has 0 fully saturated rings. The van der Waals surface area contributed by atoms with Gasteiger partial charge in [0, 0.05) is 6.54 Å². The molecule has 1 aliphatic heterocycles. The van der Waals surface area contributed by atoms with Crippen LogP contribution in [0, 0.1) is 0 Å². The summed E-state index contributed by atoms with van der Waals surface area (Å²) in [6.07, 6.45) is -0.685. The summed E-state index contributed by atoms with van der Waals surface area (Å²) < 4.78 is 22.7. The fourth-order valence-corrected chi connectivity index (χ4v) is 3.13. The first kappa shape index (κ1) is 19.6. The molecule has 30 heavy (non-hydrogen) atoms. The minimum Gasteiger partial charge on any atom is -0.493 e. The van der Waals surface area contributed by atoms with Crippen LogP contribution in [0.25, 0.3) is 0 Å². The molecule has 0 aromatic heterocycles. The van der Waals surface area contributed by atoms with Crippen LogP contribution in [0.4, 0.5) is 0 Å². The minimum absolute atomic E-state index is 0.179. The van der Waals surface area contributed by atoms with E-state index in [2.05, 4.69) is 5.32 Å². The summed E-state index contributed by atoms with van der Waals surface area (Å²) in [6.45, 7) is 0.974. The maximum atomic E-state index is 12.5. The van der Waals surface area contributed by atoms with Crippen molar-refractivity contribution >= 4 is 5.91 Å². The Labute approximate surface area is 175 Å². The van der Waals surface area contributed by atoms with E-state index < -0.39 is 6.10 Å². The first-order valence-electron chi connectivity index (χ1n) is 9.73. The molecule has 1 heterocycles. The first-order chi connectivity index (χ1) is 14.7. The van der Waals surface area contributed by atoms with Crippen molar-refractivity contribution in [3.8, 4) is 23.0 Å². The zero-order valence-corrected chi connectivity index (χ0v) is 16.7. The Morgan fingerprint density at radius 3 is 2.53 bits per heavy atom. The van der Waals surface area contributed by atoms with E-state index in [9.17, 15) is 4.79 Å². The van der Waals surface area contributed by atoms with Gasteiger partial charge in [0.2, 0.25) is 6.10 Å². The van der Waals surface area contributed by atoms with Gasteiger partial charge in [-0.25, -0.2) is 0 Å². The number of amides is 1. The fourth-order valence-electron chi connectivity index (χ4n) is 3.13. The second kappa shape index (κ2) is 9.22. The minimum atomic E-state index is -0.685. The molecule has 1 amide bonds. The van der Waals surface area contributed by atoms with Crippen LogP contribution in [0.5, 0.6) is 23.0 Å². The van der Waals surface area contributed by atoms with E-state index in [0.717, 1.165) is 11.1 Å². The van der Waals surface area contributed by atoms with Gasteiger partial charge in [-0.05, 0) is 35.4 Å². The van der Waals surface area contributed by atoms with Crippen molar-refractivity contribution in [2.45, 2.75) is 19.3 Å². The van der Waals surface area contributed by atoms with Crippen LogP contribution in [0.3, 0.4) is 0 Å². The van der Waals surface area contributed by atoms with E-state index >= 15 is 0 Å². The predicted octanol–water partition coefficient (Wildman–Crippen LogP) is 3.73. The normalized spacial score (nSPS) is 14.6. The van der Waals surface area contributed by atoms with Crippen LogP contribution in [0.2, 0.25) is 0 Å². The number of methoxy groups -OCH3 is 1. The molecule has 1 unspecified atom stereocenters. The summed E-state index contributed by atoms with van der Waals surface area (Å²) >= 11 is 0. The number of rotatable bonds is 7. The van der Waals surface area contributed by atoms with Crippen LogP contribution in [-0.4, -0.2) is 25.7 Å². The molecular weight excluding hydrogens is 382 g/mol. The average molecular weight is 405 g/mol. The summed E-state index contributed by atoms with van der Waals surface area (Å²) in [5, 5.41) is 2.89. The van der Waals surface area contributed by atoms with Gasteiger partial charge in [0.05, 0.1) is 7.11 Å². The quantitative estimate of drug-likeness (QED) is 0.649. The smallest absolute Gasteiger partial charge is 0.264 e. The van der Waals surface area contributed by atoms with E-state index in [1.807, 2.05) is 66.7 Å². The van der Waals surface area contributed by atoms with Gasteiger partial charge >= 0.3 is 0 Å². The first-order valence-corrected chi connectivity index (χ1v) is 9.73. The maximum Gasteiger partial charge on any atom is 0.264 e. The topological polar surface area (TPSA) is 66.0 Å². The number of nitrogens with one attached hydrogen (secondary N) is 1. The highest BCUT2D eigenvalue weighted by Gasteiger charge is 2.27. The van der Waals surface area contributed by atoms with Gasteiger partial charge in [0.15, 0.2) is 23.0 Å². The van der Waals surface area contributed by atoms with Crippen molar-refractivity contribution < 1.29 is 23.7 Å². The Kier molecular flexibility index (Phi) is 6.03. The molecule has 0 aliphatic carbocycles. The molecule has 1 N–H and O–H groups in total. The maximum absolute atomic E-state index is 12.5. The van der Waals surface area contributed by atoms with Crippen molar-refractivity contribution in [3.05, 3.63) is 83.9 Å². The van der Waals surface area contributed by atoms with E-state index in [1.54, 1.807) is 13.2 Å². The van der Waals surface area contributed by atoms with Crippen LogP contribution in [-0.2, 0) is 17.9 Å². The highest BCUT2D eigenvalue weighted by molar-refractivity contribution is 5.81. The van der Waals surface area contributed by atoms with Crippen LogP contribution < -0.4 is 24.3 Å². The summed E-state index contributed by atoms with van der Waals surface area (Å²) in [5.41, 5.74) is 1.97. The summed E-state index contributed by atoms with van der Waals surface area (Å²) in [5.74, 6) is 2.26. The molecule has 1 atom stereocenters. The SMILES string of the molecule is COc1cc(CNC(=O)C2COc3ccccc3O2)ccc1OCc1ccccc1. The lowest BCUT2D eigenvalue weighted by atomic mass is 10.2. The third kappa shape index (κ3) is 4.66. The average Bonchev–Trinajstić information content (AvgIpc) is 2.81. The number of fused-ring (bicyclic) bond motifs is 1. The lowest BCUT2D eigenvalue weighted by Crippen LogP contribution is -2.43. The number of hydrogen-bond donors (Lipinski definition) is 1. The van der Waals surface area contributed by atoms with Crippen LogP contribution in [0.15, 0.2) is 72.8 Å². The van der Waals surface area contributed by atoms with Crippen molar-refractivity contribution in [1.29, 1.82) is 0 Å². The van der Waals surface area contributed by atoms with Gasteiger partial charge in [-0.1, -0.05) is 48.5 Å². The van der Waals surface area contributed by atoms with Crippen molar-refractivity contribution in [2.75, 3.05) is 13.7 Å². The van der Waals surface area contributed by atoms with Gasteiger partial charge < -0.3 is 24.3 Å². The molecule has 0 saturated heterocycles. The Morgan fingerprint density at radius 2 is 1.73 bits per heavy atom.